The number of fused-ring (bicyclic) bond motifs is 1. The van der Waals surface area contributed by atoms with Gasteiger partial charge in [-0.2, -0.15) is 9.61 Å². The number of halogens is 3. The molecule has 0 spiro atoms. The molecule has 0 saturated carbocycles. The van der Waals surface area contributed by atoms with E-state index in [-0.39, 0.29) is 9.92 Å². The van der Waals surface area contributed by atoms with Gasteiger partial charge in [0.2, 0.25) is 0 Å². The Balaban J connectivity index is 1.36. The molecule has 0 amide bonds. The summed E-state index contributed by atoms with van der Waals surface area (Å²) in [5.74, 6) is 0.726. The standard InChI is InChI=1S/C25H18BrCl2N5O2S/c26-19-15-30-33-24(13-22(31-25(19)33)18-5-1-2-6-20(18)27)29-14-16-9-11-17(12-10-16)32-36(34,35)23-8-4-3-7-21(23)28/h1-13,15,29,32H,14H2. The minimum absolute atomic E-state index is 0.0267. The maximum atomic E-state index is 12.7. The fourth-order valence-corrected chi connectivity index (χ4v) is 5.78. The van der Waals surface area contributed by atoms with Crippen molar-refractivity contribution < 1.29 is 8.42 Å². The average Bonchev–Trinajstić information content (AvgIpc) is 3.24. The Hall–Kier alpha value is -3.11. The van der Waals surface area contributed by atoms with E-state index in [2.05, 4.69) is 31.1 Å². The molecule has 0 bridgehead atoms. The van der Waals surface area contributed by atoms with Crippen LogP contribution in [0.15, 0.2) is 94.4 Å². The van der Waals surface area contributed by atoms with Crippen molar-refractivity contribution in [3.05, 3.63) is 105 Å². The summed E-state index contributed by atoms with van der Waals surface area (Å²) >= 11 is 16.0. The molecule has 0 saturated heterocycles. The van der Waals surface area contributed by atoms with Crippen molar-refractivity contribution in [1.82, 2.24) is 14.6 Å². The quantitative estimate of drug-likeness (QED) is 0.212. The van der Waals surface area contributed by atoms with E-state index in [1.807, 2.05) is 42.5 Å². The van der Waals surface area contributed by atoms with Crippen LogP contribution in [0.1, 0.15) is 5.56 Å². The predicted molar refractivity (Wildman–Crippen MR) is 147 cm³/mol. The lowest BCUT2D eigenvalue weighted by Crippen LogP contribution is -2.13. The number of benzene rings is 3. The molecule has 2 aromatic heterocycles. The molecular formula is C25H18BrCl2N5O2S. The molecule has 5 aromatic rings. The van der Waals surface area contributed by atoms with Gasteiger partial charge in [0.25, 0.3) is 10.0 Å². The van der Waals surface area contributed by atoms with E-state index in [0.29, 0.717) is 28.6 Å². The van der Waals surface area contributed by atoms with Gasteiger partial charge in [-0.15, -0.1) is 0 Å². The van der Waals surface area contributed by atoms with Gasteiger partial charge in [-0.25, -0.2) is 13.4 Å². The van der Waals surface area contributed by atoms with E-state index in [1.54, 1.807) is 35.0 Å². The molecule has 0 atom stereocenters. The summed E-state index contributed by atoms with van der Waals surface area (Å²) in [6.07, 6.45) is 1.68. The van der Waals surface area contributed by atoms with Crippen molar-refractivity contribution in [2.24, 2.45) is 0 Å². The number of nitrogens with zero attached hydrogens (tertiary/aromatic N) is 3. The van der Waals surface area contributed by atoms with Crippen molar-refractivity contribution in [2.75, 3.05) is 10.0 Å². The Kier molecular flexibility index (Phi) is 6.90. The van der Waals surface area contributed by atoms with Crippen LogP contribution in [-0.4, -0.2) is 23.0 Å². The van der Waals surface area contributed by atoms with Gasteiger partial charge in [0, 0.05) is 28.9 Å². The van der Waals surface area contributed by atoms with Gasteiger partial charge in [-0.1, -0.05) is 65.7 Å². The summed E-state index contributed by atoms with van der Waals surface area (Å²) < 4.78 is 30.4. The van der Waals surface area contributed by atoms with Crippen molar-refractivity contribution in [3.63, 3.8) is 0 Å². The topological polar surface area (TPSA) is 88.4 Å². The number of aromatic nitrogens is 3. The first-order valence-electron chi connectivity index (χ1n) is 10.7. The number of sulfonamides is 1. The summed E-state index contributed by atoms with van der Waals surface area (Å²) in [7, 11) is -3.80. The number of nitrogens with one attached hydrogen (secondary N) is 2. The lowest BCUT2D eigenvalue weighted by Gasteiger charge is -2.13. The molecule has 36 heavy (non-hydrogen) atoms. The third-order valence-electron chi connectivity index (χ3n) is 5.38. The van der Waals surface area contributed by atoms with Crippen LogP contribution in [0, 0.1) is 0 Å². The Morgan fingerprint density at radius 2 is 1.61 bits per heavy atom. The van der Waals surface area contributed by atoms with Crippen molar-refractivity contribution >= 4 is 66.3 Å². The van der Waals surface area contributed by atoms with E-state index >= 15 is 0 Å². The van der Waals surface area contributed by atoms with Crippen LogP contribution >= 0.6 is 39.1 Å². The zero-order valence-electron chi connectivity index (χ0n) is 18.5. The summed E-state index contributed by atoms with van der Waals surface area (Å²) in [6.45, 7) is 0.468. The first kappa shape index (κ1) is 24.6. The Labute approximate surface area is 226 Å². The molecule has 7 nitrogen and oxygen atoms in total. The summed E-state index contributed by atoms with van der Waals surface area (Å²) in [5, 5.41) is 8.56. The van der Waals surface area contributed by atoms with Crippen LogP contribution in [0.2, 0.25) is 10.0 Å². The van der Waals surface area contributed by atoms with Gasteiger partial charge in [-0.05, 0) is 51.8 Å². The highest BCUT2D eigenvalue weighted by Crippen LogP contribution is 2.30. The smallest absolute Gasteiger partial charge is 0.263 e. The van der Waals surface area contributed by atoms with Crippen LogP contribution in [0.4, 0.5) is 11.5 Å². The van der Waals surface area contributed by atoms with Crippen LogP contribution in [0.3, 0.4) is 0 Å². The maximum absolute atomic E-state index is 12.7. The zero-order chi connectivity index (χ0) is 25.3. The molecule has 3 aromatic carbocycles. The summed E-state index contributed by atoms with van der Waals surface area (Å²) in [6, 6.07) is 22.8. The van der Waals surface area contributed by atoms with Gasteiger partial charge in [-0.3, -0.25) is 4.72 Å². The number of anilines is 2. The molecule has 11 heteroatoms. The van der Waals surface area contributed by atoms with Gasteiger partial charge in [0.15, 0.2) is 5.65 Å². The van der Waals surface area contributed by atoms with Crippen LogP contribution in [0.5, 0.6) is 0 Å². The van der Waals surface area contributed by atoms with Gasteiger partial charge < -0.3 is 5.32 Å². The molecule has 0 aliphatic rings. The first-order chi connectivity index (χ1) is 17.3. The van der Waals surface area contributed by atoms with Crippen LogP contribution in [0.25, 0.3) is 16.9 Å². The molecule has 0 aliphatic carbocycles. The molecule has 0 unspecified atom stereocenters. The lowest BCUT2D eigenvalue weighted by molar-refractivity contribution is 0.601. The fourth-order valence-electron chi connectivity index (χ4n) is 3.62. The molecule has 2 N–H and O–H groups in total. The normalized spacial score (nSPS) is 11.5. The molecule has 0 radical (unpaired) electrons. The third kappa shape index (κ3) is 5.05. The summed E-state index contributed by atoms with van der Waals surface area (Å²) in [5.41, 5.74) is 3.54. The highest BCUT2D eigenvalue weighted by Gasteiger charge is 2.17. The molecule has 0 aliphatic heterocycles. The molecular weight excluding hydrogens is 585 g/mol. The van der Waals surface area contributed by atoms with Gasteiger partial charge in [0.1, 0.15) is 10.7 Å². The van der Waals surface area contributed by atoms with E-state index in [1.165, 1.54) is 12.1 Å². The third-order valence-corrected chi connectivity index (χ3v) is 8.15. The largest absolute Gasteiger partial charge is 0.366 e. The Morgan fingerprint density at radius 3 is 2.33 bits per heavy atom. The monoisotopic (exact) mass is 601 g/mol. The number of hydrogen-bond donors (Lipinski definition) is 2. The van der Waals surface area contributed by atoms with E-state index in [0.717, 1.165) is 21.4 Å². The Bertz CT molecular complexity index is 1670. The lowest BCUT2D eigenvalue weighted by atomic mass is 10.1. The first-order valence-corrected chi connectivity index (χ1v) is 13.7. The van der Waals surface area contributed by atoms with Gasteiger partial charge in [0.05, 0.1) is 21.4 Å². The predicted octanol–water partition coefficient (Wildman–Crippen LogP) is 6.88. The van der Waals surface area contributed by atoms with E-state index in [9.17, 15) is 8.42 Å². The minimum atomic E-state index is -3.80. The van der Waals surface area contributed by atoms with Gasteiger partial charge >= 0.3 is 0 Å². The van der Waals surface area contributed by atoms with Crippen LogP contribution in [-0.2, 0) is 16.6 Å². The number of hydrogen-bond acceptors (Lipinski definition) is 5. The van der Waals surface area contributed by atoms with Crippen molar-refractivity contribution in [1.29, 1.82) is 0 Å². The molecule has 0 fully saturated rings. The average molecular weight is 603 g/mol. The molecule has 2 heterocycles. The number of rotatable bonds is 7. The zero-order valence-corrected chi connectivity index (χ0v) is 22.4. The second-order valence-corrected chi connectivity index (χ2v) is 11.1. The van der Waals surface area contributed by atoms with Crippen molar-refractivity contribution in [3.8, 4) is 11.3 Å². The molecule has 5 rings (SSSR count). The maximum Gasteiger partial charge on any atom is 0.263 e. The SMILES string of the molecule is O=S(=O)(Nc1ccc(CNc2cc(-c3ccccc3Cl)nc3c(Br)cnn23)cc1)c1ccccc1Cl. The highest BCUT2D eigenvalue weighted by molar-refractivity contribution is 9.10. The van der Waals surface area contributed by atoms with E-state index in [4.69, 9.17) is 28.2 Å². The second-order valence-electron chi connectivity index (χ2n) is 7.82. The summed E-state index contributed by atoms with van der Waals surface area (Å²) in [4.78, 5) is 4.74. The fraction of sp³-hybridized carbons (Fsp3) is 0.0400. The minimum Gasteiger partial charge on any atom is -0.366 e. The van der Waals surface area contributed by atoms with E-state index < -0.39 is 10.0 Å². The van der Waals surface area contributed by atoms with Crippen molar-refractivity contribution in [2.45, 2.75) is 11.4 Å². The van der Waals surface area contributed by atoms with Crippen LogP contribution < -0.4 is 10.0 Å². The highest BCUT2D eigenvalue weighted by atomic mass is 79.9. The second kappa shape index (κ2) is 10.1. The Morgan fingerprint density at radius 1 is 0.917 bits per heavy atom. The molecule has 182 valence electrons.